The number of alkyl halides is 1. The quantitative estimate of drug-likeness (QED) is 0.731. The molecule has 0 spiro atoms. The fraction of sp³-hybridized carbons (Fsp3) is 0.545. The molecule has 2 heterocycles. The topological polar surface area (TPSA) is 16.1 Å². The number of nitrogens with zero attached hydrogens (tertiary/aromatic N) is 2. The average molecular weight is 368 g/mol. The van der Waals surface area contributed by atoms with Crippen LogP contribution in [0.5, 0.6) is 0 Å². The Morgan fingerprint density at radius 1 is 1.44 bits per heavy atom. The maximum Gasteiger partial charge on any atom is 0.142 e. The number of piperidine rings is 1. The van der Waals surface area contributed by atoms with Gasteiger partial charge in [-0.05, 0) is 40.8 Å². The summed E-state index contributed by atoms with van der Waals surface area (Å²) in [6, 6.07) is 1.90. The van der Waals surface area contributed by atoms with E-state index in [1.165, 1.54) is 12.8 Å². The molecule has 0 aromatic carbocycles. The summed E-state index contributed by atoms with van der Waals surface area (Å²) in [5.41, 5.74) is 0. The van der Waals surface area contributed by atoms with Crippen molar-refractivity contribution < 1.29 is 0 Å². The van der Waals surface area contributed by atoms with Crippen molar-refractivity contribution in [3.63, 3.8) is 0 Å². The summed E-state index contributed by atoms with van der Waals surface area (Å²) in [4.78, 5) is 6.71. The minimum atomic E-state index is 0.672. The first kappa shape index (κ1) is 12.7. The van der Waals surface area contributed by atoms with Gasteiger partial charge in [-0.3, -0.25) is 0 Å². The van der Waals surface area contributed by atoms with Crippen LogP contribution in [0.4, 0.5) is 5.82 Å². The number of rotatable bonds is 2. The smallest absolute Gasteiger partial charge is 0.142 e. The van der Waals surface area contributed by atoms with Crippen LogP contribution in [0.3, 0.4) is 0 Å². The third kappa shape index (κ3) is 2.90. The molecule has 0 bridgehead atoms. The number of aromatic nitrogens is 1. The predicted molar refractivity (Wildman–Crippen MR) is 75.7 cm³/mol. The maximum atomic E-state index is 5.88. The van der Waals surface area contributed by atoms with Crippen molar-refractivity contribution in [1.29, 1.82) is 0 Å². The standard InChI is InChI=1S/C11H13Br2ClN2/c12-6-8-1-3-16(4-2-8)11-10(13)5-9(14)7-15-11/h5,7-8H,1-4,6H2. The van der Waals surface area contributed by atoms with Gasteiger partial charge in [-0.15, -0.1) is 0 Å². The molecule has 1 aromatic heterocycles. The lowest BCUT2D eigenvalue weighted by Crippen LogP contribution is -2.34. The first-order valence-electron chi connectivity index (χ1n) is 5.32. The van der Waals surface area contributed by atoms with Gasteiger partial charge in [0.15, 0.2) is 0 Å². The van der Waals surface area contributed by atoms with E-state index in [1.54, 1.807) is 6.20 Å². The highest BCUT2D eigenvalue weighted by Crippen LogP contribution is 2.30. The van der Waals surface area contributed by atoms with E-state index in [1.807, 2.05) is 6.07 Å². The molecule has 1 fully saturated rings. The molecule has 88 valence electrons. The van der Waals surface area contributed by atoms with Gasteiger partial charge in [0, 0.05) is 24.6 Å². The number of pyridine rings is 1. The summed E-state index contributed by atoms with van der Waals surface area (Å²) in [7, 11) is 0. The van der Waals surface area contributed by atoms with Gasteiger partial charge in [0.05, 0.1) is 9.50 Å². The van der Waals surface area contributed by atoms with Crippen LogP contribution in [0.2, 0.25) is 5.02 Å². The Hall–Kier alpha value is 0.200. The maximum absolute atomic E-state index is 5.88. The molecule has 0 unspecified atom stereocenters. The van der Waals surface area contributed by atoms with E-state index in [-0.39, 0.29) is 0 Å². The van der Waals surface area contributed by atoms with Gasteiger partial charge in [-0.1, -0.05) is 27.5 Å². The van der Waals surface area contributed by atoms with Gasteiger partial charge in [-0.2, -0.15) is 0 Å². The summed E-state index contributed by atoms with van der Waals surface area (Å²) in [6.07, 6.45) is 4.15. The Labute approximate surface area is 118 Å². The molecule has 2 nitrogen and oxygen atoms in total. The summed E-state index contributed by atoms with van der Waals surface area (Å²) in [5, 5.41) is 1.78. The fourth-order valence-corrected chi connectivity index (χ4v) is 3.48. The molecule has 0 saturated carbocycles. The zero-order chi connectivity index (χ0) is 11.5. The summed E-state index contributed by atoms with van der Waals surface area (Å²) < 4.78 is 0.984. The molecule has 0 atom stereocenters. The van der Waals surface area contributed by atoms with Crippen molar-refractivity contribution in [1.82, 2.24) is 4.98 Å². The fourth-order valence-electron chi connectivity index (χ4n) is 1.94. The lowest BCUT2D eigenvalue weighted by Gasteiger charge is -2.32. The molecule has 0 aliphatic carbocycles. The molecule has 1 aliphatic heterocycles. The molecule has 1 aliphatic rings. The predicted octanol–water partition coefficient (Wildman–Crippen LogP) is 4.11. The number of halogens is 3. The molecule has 0 amide bonds. The van der Waals surface area contributed by atoms with Crippen LogP contribution in [-0.4, -0.2) is 23.4 Å². The molecule has 1 saturated heterocycles. The summed E-state index contributed by atoms with van der Waals surface area (Å²) >= 11 is 13.0. The monoisotopic (exact) mass is 366 g/mol. The SMILES string of the molecule is Clc1cnc(N2CCC(CBr)CC2)c(Br)c1. The minimum absolute atomic E-state index is 0.672. The Balaban J connectivity index is 2.08. The second-order valence-corrected chi connectivity index (χ2v) is 5.98. The lowest BCUT2D eigenvalue weighted by molar-refractivity contribution is 0.445. The van der Waals surface area contributed by atoms with Gasteiger partial charge in [0.1, 0.15) is 5.82 Å². The molecule has 16 heavy (non-hydrogen) atoms. The van der Waals surface area contributed by atoms with Gasteiger partial charge >= 0.3 is 0 Å². The number of hydrogen-bond acceptors (Lipinski definition) is 2. The van der Waals surface area contributed by atoms with Crippen molar-refractivity contribution in [3.05, 3.63) is 21.8 Å². The molecular weight excluding hydrogens is 355 g/mol. The highest BCUT2D eigenvalue weighted by Gasteiger charge is 2.20. The van der Waals surface area contributed by atoms with Crippen LogP contribution in [0, 0.1) is 5.92 Å². The lowest BCUT2D eigenvalue weighted by atomic mass is 9.99. The van der Waals surface area contributed by atoms with E-state index in [0.29, 0.717) is 5.02 Å². The molecule has 2 rings (SSSR count). The third-order valence-electron chi connectivity index (χ3n) is 2.92. The van der Waals surface area contributed by atoms with Crippen LogP contribution in [0.1, 0.15) is 12.8 Å². The van der Waals surface area contributed by atoms with Crippen molar-refractivity contribution >= 4 is 49.3 Å². The normalized spacial score (nSPS) is 17.8. The van der Waals surface area contributed by atoms with Crippen LogP contribution >= 0.6 is 43.5 Å². The second-order valence-electron chi connectivity index (χ2n) is 4.04. The van der Waals surface area contributed by atoms with Gasteiger partial charge in [-0.25, -0.2) is 4.98 Å². The second kappa shape index (κ2) is 5.69. The largest absolute Gasteiger partial charge is 0.356 e. The van der Waals surface area contributed by atoms with E-state index in [2.05, 4.69) is 41.7 Å². The van der Waals surface area contributed by atoms with Crippen LogP contribution in [0.25, 0.3) is 0 Å². The molecular formula is C11H13Br2ClN2. The van der Waals surface area contributed by atoms with E-state index in [4.69, 9.17) is 11.6 Å². The molecule has 1 aromatic rings. The third-order valence-corrected chi connectivity index (χ3v) is 4.63. The number of hydrogen-bond donors (Lipinski definition) is 0. The zero-order valence-electron chi connectivity index (χ0n) is 8.80. The van der Waals surface area contributed by atoms with Crippen molar-refractivity contribution in [2.24, 2.45) is 5.92 Å². The molecule has 0 N–H and O–H groups in total. The zero-order valence-corrected chi connectivity index (χ0v) is 12.7. The van der Waals surface area contributed by atoms with Gasteiger partial charge in [0.2, 0.25) is 0 Å². The first-order valence-corrected chi connectivity index (χ1v) is 7.62. The van der Waals surface area contributed by atoms with E-state index in [0.717, 1.165) is 34.6 Å². The average Bonchev–Trinajstić information content (AvgIpc) is 2.29. The molecule has 0 radical (unpaired) electrons. The van der Waals surface area contributed by atoms with Crippen LogP contribution in [0.15, 0.2) is 16.7 Å². The summed E-state index contributed by atoms with van der Waals surface area (Å²) in [6.45, 7) is 2.15. The van der Waals surface area contributed by atoms with Crippen molar-refractivity contribution in [3.8, 4) is 0 Å². The van der Waals surface area contributed by atoms with E-state index >= 15 is 0 Å². The minimum Gasteiger partial charge on any atom is -0.356 e. The Kier molecular flexibility index (Phi) is 4.50. The molecule has 5 heteroatoms. The Morgan fingerprint density at radius 3 is 2.69 bits per heavy atom. The van der Waals surface area contributed by atoms with Crippen LogP contribution < -0.4 is 4.90 Å². The van der Waals surface area contributed by atoms with E-state index < -0.39 is 0 Å². The highest BCUT2D eigenvalue weighted by molar-refractivity contribution is 9.10. The van der Waals surface area contributed by atoms with Crippen LogP contribution in [-0.2, 0) is 0 Å². The van der Waals surface area contributed by atoms with Gasteiger partial charge in [0.25, 0.3) is 0 Å². The Bertz CT molecular complexity index is 365. The van der Waals surface area contributed by atoms with Crippen molar-refractivity contribution in [2.45, 2.75) is 12.8 Å². The van der Waals surface area contributed by atoms with Gasteiger partial charge < -0.3 is 4.90 Å². The Morgan fingerprint density at radius 2 is 2.12 bits per heavy atom. The first-order chi connectivity index (χ1) is 7.70. The van der Waals surface area contributed by atoms with E-state index in [9.17, 15) is 0 Å². The highest BCUT2D eigenvalue weighted by atomic mass is 79.9. The summed E-state index contributed by atoms with van der Waals surface area (Å²) in [5.74, 6) is 1.82. The van der Waals surface area contributed by atoms with Crippen molar-refractivity contribution in [2.75, 3.05) is 23.3 Å². The number of anilines is 1.